The van der Waals surface area contributed by atoms with Crippen molar-refractivity contribution in [2.24, 2.45) is 0 Å². The molecule has 1 aromatic heterocycles. The molecule has 2 heterocycles. The molecule has 1 aliphatic rings. The van der Waals surface area contributed by atoms with E-state index in [4.69, 9.17) is 9.47 Å². The Morgan fingerprint density at radius 1 is 1.35 bits per heavy atom. The molecule has 0 spiro atoms. The first-order valence-electron chi connectivity index (χ1n) is 7.91. The summed E-state index contributed by atoms with van der Waals surface area (Å²) in [5.74, 6) is -1.34. The van der Waals surface area contributed by atoms with Crippen LogP contribution in [0, 0.1) is 0 Å². The van der Waals surface area contributed by atoms with Gasteiger partial charge in [0.25, 0.3) is 0 Å². The summed E-state index contributed by atoms with van der Waals surface area (Å²) in [6.45, 7) is 1.72. The maximum Gasteiger partial charge on any atom is 0.347 e. The number of hydrogen-bond acceptors (Lipinski definition) is 7. The quantitative estimate of drug-likeness (QED) is 0.593. The summed E-state index contributed by atoms with van der Waals surface area (Å²) in [4.78, 5) is 40.9. The Kier molecular flexibility index (Phi) is 5.43. The summed E-state index contributed by atoms with van der Waals surface area (Å²) in [7, 11) is 0. The number of nitrogens with zero attached hydrogens (tertiary/aromatic N) is 2. The summed E-state index contributed by atoms with van der Waals surface area (Å²) < 4.78 is 9.75. The predicted molar refractivity (Wildman–Crippen MR) is 95.9 cm³/mol. The van der Waals surface area contributed by atoms with E-state index in [0.29, 0.717) is 22.9 Å². The molecule has 0 bridgehead atoms. The molecule has 1 fully saturated rings. The second-order valence-corrected chi connectivity index (χ2v) is 6.30. The largest absolute Gasteiger partial charge is 0.463 e. The number of carbonyl (C=O) groups is 3. The van der Waals surface area contributed by atoms with Crippen LogP contribution in [0.2, 0.25) is 0 Å². The van der Waals surface area contributed by atoms with Gasteiger partial charge >= 0.3 is 11.9 Å². The second-order valence-electron chi connectivity index (χ2n) is 5.46. The van der Waals surface area contributed by atoms with Crippen molar-refractivity contribution < 1.29 is 23.9 Å². The summed E-state index contributed by atoms with van der Waals surface area (Å²) in [5.41, 5.74) is 1.22. The maximum absolute atomic E-state index is 12.0. The van der Waals surface area contributed by atoms with Crippen molar-refractivity contribution in [2.45, 2.75) is 19.4 Å². The number of thiazole rings is 1. The van der Waals surface area contributed by atoms with Crippen LogP contribution in [0.3, 0.4) is 0 Å². The molecule has 134 valence electrons. The van der Waals surface area contributed by atoms with E-state index in [1.54, 1.807) is 5.38 Å². The van der Waals surface area contributed by atoms with Crippen molar-refractivity contribution in [1.29, 1.82) is 0 Å². The lowest BCUT2D eigenvalue weighted by Crippen LogP contribution is -2.22. The zero-order chi connectivity index (χ0) is 18.5. The number of ether oxygens (including phenoxy) is 2. The van der Waals surface area contributed by atoms with Gasteiger partial charge in [0.1, 0.15) is 0 Å². The molecule has 0 aliphatic carbocycles. The molecule has 0 radical (unpaired) electrons. The average molecular weight is 372 g/mol. The van der Waals surface area contributed by atoms with Crippen LogP contribution in [-0.2, 0) is 23.9 Å². The minimum atomic E-state index is -0.843. The molecule has 7 nitrogen and oxygen atoms in total. The van der Waals surface area contributed by atoms with Crippen LogP contribution < -0.4 is 4.90 Å². The van der Waals surface area contributed by atoms with Crippen LogP contribution in [0.15, 0.2) is 41.8 Å². The molecule has 0 N–H and O–H groups in total. The maximum atomic E-state index is 12.0. The molecule has 1 saturated heterocycles. The van der Waals surface area contributed by atoms with Gasteiger partial charge in [-0.1, -0.05) is 18.2 Å². The van der Waals surface area contributed by atoms with Gasteiger partial charge in [-0.05, 0) is 18.2 Å². The lowest BCUT2D eigenvalue weighted by Gasteiger charge is -2.17. The summed E-state index contributed by atoms with van der Waals surface area (Å²) in [6.07, 6.45) is 2.20. The zero-order valence-corrected chi connectivity index (χ0v) is 14.8. The highest BCUT2D eigenvalue weighted by Gasteiger charge is 2.29. The topological polar surface area (TPSA) is 85.8 Å². The van der Waals surface area contributed by atoms with E-state index in [-0.39, 0.29) is 12.5 Å². The monoisotopic (exact) mass is 372 g/mol. The van der Waals surface area contributed by atoms with E-state index in [0.717, 1.165) is 0 Å². The van der Waals surface area contributed by atoms with Crippen LogP contribution in [0.4, 0.5) is 10.8 Å². The van der Waals surface area contributed by atoms with Gasteiger partial charge in [0.2, 0.25) is 12.0 Å². The zero-order valence-electron chi connectivity index (χ0n) is 14.0. The Bertz CT molecular complexity index is 846. The first-order chi connectivity index (χ1) is 12.5. The Hall–Kier alpha value is -3.00. The number of cyclic esters (lactones) is 1. The molecule has 2 aromatic rings. The van der Waals surface area contributed by atoms with E-state index < -0.39 is 18.0 Å². The molecule has 1 amide bonds. The highest BCUT2D eigenvalue weighted by Crippen LogP contribution is 2.29. The van der Waals surface area contributed by atoms with E-state index in [2.05, 4.69) is 4.98 Å². The third-order valence-electron chi connectivity index (χ3n) is 3.57. The van der Waals surface area contributed by atoms with Gasteiger partial charge in [-0.2, -0.15) is 0 Å². The van der Waals surface area contributed by atoms with Crippen molar-refractivity contribution in [2.75, 3.05) is 11.5 Å². The van der Waals surface area contributed by atoms with Crippen molar-refractivity contribution in [3.8, 4) is 0 Å². The predicted octanol–water partition coefficient (Wildman–Crippen LogP) is 2.70. The number of rotatable bonds is 5. The van der Waals surface area contributed by atoms with Crippen molar-refractivity contribution in [3.05, 3.63) is 47.5 Å². The van der Waals surface area contributed by atoms with Gasteiger partial charge in [-0.3, -0.25) is 9.69 Å². The SMILES string of the molecule is CC(=O)N(c1ccccc1)c1nc(/C=C/C(=O)O[C@@H]2CCOC2=O)cs1. The van der Waals surface area contributed by atoms with Gasteiger partial charge < -0.3 is 9.47 Å². The Balaban J connectivity index is 1.69. The number of anilines is 2. The number of carbonyl (C=O) groups excluding carboxylic acids is 3. The van der Waals surface area contributed by atoms with Gasteiger partial charge in [0, 0.05) is 24.8 Å². The first kappa shape index (κ1) is 17.8. The van der Waals surface area contributed by atoms with E-state index >= 15 is 0 Å². The molecule has 1 atom stereocenters. The number of amides is 1. The molecule has 1 aliphatic heterocycles. The lowest BCUT2D eigenvalue weighted by molar-refractivity contribution is -0.156. The summed E-state index contributed by atoms with van der Waals surface area (Å²) >= 11 is 1.28. The normalized spacial score (nSPS) is 16.5. The molecule has 1 aromatic carbocycles. The fraction of sp³-hybridized carbons (Fsp3) is 0.222. The molecule has 0 saturated carbocycles. The van der Waals surface area contributed by atoms with Crippen molar-refractivity contribution in [1.82, 2.24) is 4.98 Å². The first-order valence-corrected chi connectivity index (χ1v) is 8.79. The highest BCUT2D eigenvalue weighted by atomic mass is 32.1. The van der Waals surface area contributed by atoms with Gasteiger partial charge in [0.05, 0.1) is 18.0 Å². The minimum Gasteiger partial charge on any atom is -0.463 e. The molecular weight excluding hydrogens is 356 g/mol. The number of aromatic nitrogens is 1. The highest BCUT2D eigenvalue weighted by molar-refractivity contribution is 7.14. The van der Waals surface area contributed by atoms with Crippen molar-refractivity contribution in [3.63, 3.8) is 0 Å². The van der Waals surface area contributed by atoms with Crippen molar-refractivity contribution >= 4 is 46.1 Å². The molecule has 3 rings (SSSR count). The second kappa shape index (κ2) is 7.92. The molecule has 0 unspecified atom stereocenters. The molecule has 8 heteroatoms. The minimum absolute atomic E-state index is 0.166. The fourth-order valence-corrected chi connectivity index (χ4v) is 3.23. The number of hydrogen-bond donors (Lipinski definition) is 0. The van der Waals surface area contributed by atoms with Gasteiger partial charge in [-0.25, -0.2) is 14.6 Å². The molecule has 26 heavy (non-hydrogen) atoms. The Morgan fingerprint density at radius 2 is 2.12 bits per heavy atom. The van der Waals surface area contributed by atoms with Crippen LogP contribution in [0.5, 0.6) is 0 Å². The smallest absolute Gasteiger partial charge is 0.347 e. The number of para-hydroxylation sites is 1. The van der Waals surface area contributed by atoms with E-state index in [1.165, 1.54) is 35.3 Å². The summed E-state index contributed by atoms with van der Waals surface area (Å²) in [5, 5.41) is 2.22. The third-order valence-corrected chi connectivity index (χ3v) is 4.41. The van der Waals surface area contributed by atoms with Gasteiger partial charge in [-0.15, -0.1) is 11.3 Å². The van der Waals surface area contributed by atoms with Crippen LogP contribution in [0.25, 0.3) is 6.08 Å². The van der Waals surface area contributed by atoms with E-state index in [9.17, 15) is 14.4 Å². The van der Waals surface area contributed by atoms with Crippen LogP contribution in [0.1, 0.15) is 19.0 Å². The number of benzene rings is 1. The Morgan fingerprint density at radius 3 is 2.77 bits per heavy atom. The third kappa shape index (κ3) is 4.15. The lowest BCUT2D eigenvalue weighted by atomic mass is 10.3. The van der Waals surface area contributed by atoms with Crippen LogP contribution in [-0.4, -0.2) is 35.5 Å². The number of esters is 2. The van der Waals surface area contributed by atoms with Gasteiger partial charge in [0.15, 0.2) is 5.13 Å². The van der Waals surface area contributed by atoms with Crippen LogP contribution >= 0.6 is 11.3 Å². The average Bonchev–Trinajstić information content (AvgIpc) is 3.24. The van der Waals surface area contributed by atoms with E-state index in [1.807, 2.05) is 30.3 Å². The Labute approximate surface area is 153 Å². The molecular formula is C18H16N2O5S. The fourth-order valence-electron chi connectivity index (χ4n) is 2.38. The summed E-state index contributed by atoms with van der Waals surface area (Å²) in [6, 6.07) is 9.17. The standard InChI is InChI=1S/C18H16N2O5S/c1-12(21)20(14-5-3-2-4-6-14)18-19-13(11-26-18)7-8-16(22)25-15-9-10-24-17(15)23/h2-8,11,15H,9-10H2,1H3/b8-7+/t15-/m1/s1.